The van der Waals surface area contributed by atoms with Crippen molar-refractivity contribution in [1.82, 2.24) is 15.0 Å². The Balaban J connectivity index is 2.18. The molecule has 0 aliphatic carbocycles. The Labute approximate surface area is 131 Å². The van der Waals surface area contributed by atoms with Crippen molar-refractivity contribution in [3.8, 4) is 6.01 Å². The fourth-order valence-electron chi connectivity index (χ4n) is 1.57. The molecule has 0 fully saturated rings. The Morgan fingerprint density at radius 3 is 2.48 bits per heavy atom. The van der Waals surface area contributed by atoms with E-state index in [4.69, 9.17) is 22.2 Å². The molecule has 114 valence electrons. The van der Waals surface area contributed by atoms with Gasteiger partial charge in [-0.3, -0.25) is 5.43 Å². The van der Waals surface area contributed by atoms with Gasteiger partial charge in [-0.25, -0.2) is 5.84 Å². The van der Waals surface area contributed by atoms with E-state index in [1.54, 1.807) is 0 Å². The van der Waals surface area contributed by atoms with E-state index in [1.807, 2.05) is 32.9 Å². The van der Waals surface area contributed by atoms with E-state index >= 15 is 0 Å². The molecule has 1 unspecified atom stereocenters. The molecule has 21 heavy (non-hydrogen) atoms. The third-order valence-electron chi connectivity index (χ3n) is 2.45. The van der Waals surface area contributed by atoms with Crippen molar-refractivity contribution < 1.29 is 4.74 Å². The van der Waals surface area contributed by atoms with Gasteiger partial charge in [-0.15, -0.1) is 11.3 Å². The molecule has 2 rings (SSSR count). The summed E-state index contributed by atoms with van der Waals surface area (Å²) in [4.78, 5) is 13.5. The van der Waals surface area contributed by atoms with E-state index in [1.165, 1.54) is 11.3 Å². The minimum Gasteiger partial charge on any atom is -0.461 e. The minimum atomic E-state index is -0.0422. The molecule has 2 aromatic rings. The smallest absolute Gasteiger partial charge is 0.323 e. The van der Waals surface area contributed by atoms with Gasteiger partial charge in [0.25, 0.3) is 0 Å². The highest BCUT2D eigenvalue weighted by atomic mass is 35.5. The Morgan fingerprint density at radius 1 is 1.19 bits per heavy atom. The van der Waals surface area contributed by atoms with Crippen LogP contribution in [0.1, 0.15) is 31.7 Å². The lowest BCUT2D eigenvalue weighted by atomic mass is 10.3. The number of halogens is 1. The molecule has 9 heteroatoms. The summed E-state index contributed by atoms with van der Waals surface area (Å²) in [5, 5.41) is 3.17. The third kappa shape index (κ3) is 4.42. The Kier molecular flexibility index (Phi) is 5.16. The maximum absolute atomic E-state index is 5.94. The molecule has 0 aromatic carbocycles. The standard InChI is InChI=1S/C12H17ClN6OS/c1-6(2)20-12-17-10(16-11(18-12)19-14)15-7(3)8-4-5-9(13)21-8/h4-7H,14H2,1-3H3,(H2,15,16,17,18,19). The van der Waals surface area contributed by atoms with Crippen molar-refractivity contribution in [2.45, 2.75) is 32.9 Å². The Hall–Kier alpha value is -1.64. The van der Waals surface area contributed by atoms with Gasteiger partial charge in [0, 0.05) is 4.88 Å². The first-order valence-corrected chi connectivity index (χ1v) is 7.58. The molecule has 0 bridgehead atoms. The number of nitrogen functional groups attached to an aromatic ring is 1. The van der Waals surface area contributed by atoms with Crippen molar-refractivity contribution in [2.24, 2.45) is 5.84 Å². The number of nitrogens with two attached hydrogens (primary N) is 1. The van der Waals surface area contributed by atoms with Crippen LogP contribution in [-0.2, 0) is 0 Å². The number of hydrogen-bond acceptors (Lipinski definition) is 8. The number of nitrogens with one attached hydrogen (secondary N) is 2. The summed E-state index contributed by atoms with van der Waals surface area (Å²) >= 11 is 7.44. The number of hydrogen-bond donors (Lipinski definition) is 3. The molecule has 0 radical (unpaired) electrons. The number of aromatic nitrogens is 3. The molecular weight excluding hydrogens is 312 g/mol. The van der Waals surface area contributed by atoms with Crippen molar-refractivity contribution in [3.05, 3.63) is 21.3 Å². The van der Waals surface area contributed by atoms with Crippen LogP contribution in [0.5, 0.6) is 6.01 Å². The topological polar surface area (TPSA) is 98.0 Å². The lowest BCUT2D eigenvalue weighted by molar-refractivity contribution is 0.222. The van der Waals surface area contributed by atoms with Crippen LogP contribution in [-0.4, -0.2) is 21.1 Å². The van der Waals surface area contributed by atoms with E-state index in [-0.39, 0.29) is 24.1 Å². The largest absolute Gasteiger partial charge is 0.461 e. The molecule has 0 saturated carbocycles. The maximum atomic E-state index is 5.94. The van der Waals surface area contributed by atoms with Crippen LogP contribution in [0.3, 0.4) is 0 Å². The average molecular weight is 329 g/mol. The van der Waals surface area contributed by atoms with Gasteiger partial charge >= 0.3 is 6.01 Å². The highest BCUT2D eigenvalue weighted by Crippen LogP contribution is 2.28. The zero-order chi connectivity index (χ0) is 15.4. The monoisotopic (exact) mass is 328 g/mol. The van der Waals surface area contributed by atoms with Crippen molar-refractivity contribution in [1.29, 1.82) is 0 Å². The van der Waals surface area contributed by atoms with Crippen LogP contribution in [0.4, 0.5) is 11.9 Å². The molecule has 1 atom stereocenters. The van der Waals surface area contributed by atoms with Gasteiger partial charge in [-0.05, 0) is 32.9 Å². The first-order valence-electron chi connectivity index (χ1n) is 6.39. The summed E-state index contributed by atoms with van der Waals surface area (Å²) in [6.45, 7) is 5.77. The normalized spacial score (nSPS) is 12.3. The second kappa shape index (κ2) is 6.88. The van der Waals surface area contributed by atoms with Crippen molar-refractivity contribution in [3.63, 3.8) is 0 Å². The molecule has 0 aliphatic heterocycles. The van der Waals surface area contributed by atoms with Crippen LogP contribution < -0.4 is 21.3 Å². The molecular formula is C12H17ClN6OS. The first kappa shape index (κ1) is 15.7. The molecule has 0 amide bonds. The maximum Gasteiger partial charge on any atom is 0.323 e. The number of anilines is 2. The fraction of sp³-hybridized carbons (Fsp3) is 0.417. The molecule has 4 N–H and O–H groups in total. The Bertz CT molecular complexity index is 605. The van der Waals surface area contributed by atoms with Crippen LogP contribution >= 0.6 is 22.9 Å². The van der Waals surface area contributed by atoms with Gasteiger partial charge in [0.2, 0.25) is 11.9 Å². The summed E-state index contributed by atoms with van der Waals surface area (Å²) in [5.74, 6) is 5.98. The molecule has 2 heterocycles. The van der Waals surface area contributed by atoms with Gasteiger partial charge in [0.05, 0.1) is 16.5 Å². The van der Waals surface area contributed by atoms with Gasteiger partial charge in [-0.1, -0.05) is 11.6 Å². The van der Waals surface area contributed by atoms with Gasteiger partial charge in [-0.2, -0.15) is 15.0 Å². The summed E-state index contributed by atoms with van der Waals surface area (Å²) in [6, 6.07) is 4.03. The quantitative estimate of drug-likeness (QED) is 0.554. The van der Waals surface area contributed by atoms with Gasteiger partial charge in [0.15, 0.2) is 0 Å². The van der Waals surface area contributed by atoms with Gasteiger partial charge < -0.3 is 10.1 Å². The highest BCUT2D eigenvalue weighted by molar-refractivity contribution is 7.16. The lowest BCUT2D eigenvalue weighted by Crippen LogP contribution is -2.17. The molecule has 7 nitrogen and oxygen atoms in total. The highest BCUT2D eigenvalue weighted by Gasteiger charge is 2.13. The summed E-state index contributed by atoms with van der Waals surface area (Å²) in [6.07, 6.45) is -0.0422. The van der Waals surface area contributed by atoms with Crippen LogP contribution in [0.25, 0.3) is 0 Å². The van der Waals surface area contributed by atoms with Gasteiger partial charge in [0.1, 0.15) is 0 Å². The fourth-order valence-corrected chi connectivity index (χ4v) is 2.64. The second-order valence-corrected chi connectivity index (χ2v) is 6.33. The average Bonchev–Trinajstić information content (AvgIpc) is 2.84. The lowest BCUT2D eigenvalue weighted by Gasteiger charge is -2.14. The Morgan fingerprint density at radius 2 is 1.90 bits per heavy atom. The zero-order valence-corrected chi connectivity index (χ0v) is 13.5. The minimum absolute atomic E-state index is 0.00224. The van der Waals surface area contributed by atoms with Crippen molar-refractivity contribution in [2.75, 3.05) is 10.7 Å². The van der Waals surface area contributed by atoms with E-state index < -0.39 is 0 Å². The number of rotatable bonds is 6. The molecule has 0 spiro atoms. The first-order chi connectivity index (χ1) is 9.97. The zero-order valence-electron chi connectivity index (χ0n) is 11.9. The summed E-state index contributed by atoms with van der Waals surface area (Å²) in [5.41, 5.74) is 2.40. The van der Waals surface area contributed by atoms with Crippen LogP contribution in [0.15, 0.2) is 12.1 Å². The predicted octanol–water partition coefficient (Wildman–Crippen LogP) is 2.83. The number of nitrogens with zero attached hydrogens (tertiary/aromatic N) is 3. The number of hydrazine groups is 1. The third-order valence-corrected chi connectivity index (χ3v) is 3.87. The van der Waals surface area contributed by atoms with Crippen molar-refractivity contribution >= 4 is 34.8 Å². The SMILES string of the molecule is CC(C)Oc1nc(NN)nc(NC(C)c2ccc(Cl)s2)n1. The van der Waals surface area contributed by atoms with E-state index in [0.717, 1.165) is 9.21 Å². The molecule has 2 aromatic heterocycles. The van der Waals surface area contributed by atoms with E-state index in [0.29, 0.717) is 5.95 Å². The van der Waals surface area contributed by atoms with E-state index in [9.17, 15) is 0 Å². The molecule has 0 saturated heterocycles. The van der Waals surface area contributed by atoms with Crippen LogP contribution in [0.2, 0.25) is 4.34 Å². The van der Waals surface area contributed by atoms with Crippen LogP contribution in [0, 0.1) is 0 Å². The summed E-state index contributed by atoms with van der Waals surface area (Å²) in [7, 11) is 0. The second-order valence-electron chi connectivity index (χ2n) is 4.58. The number of ether oxygens (including phenoxy) is 1. The summed E-state index contributed by atoms with van der Waals surface area (Å²) < 4.78 is 6.21. The predicted molar refractivity (Wildman–Crippen MR) is 84.8 cm³/mol. The number of thiophene rings is 1. The molecule has 0 aliphatic rings. The van der Waals surface area contributed by atoms with E-state index in [2.05, 4.69) is 25.7 Å².